The zero-order chi connectivity index (χ0) is 34.1. The van der Waals surface area contributed by atoms with Crippen molar-refractivity contribution >= 4 is 35.5 Å². The van der Waals surface area contributed by atoms with Gasteiger partial charge in [-0.2, -0.15) is 0 Å². The van der Waals surface area contributed by atoms with Crippen LogP contribution in [0.4, 0.5) is 17.1 Å². The number of fused-ring (bicyclic) bond motifs is 6. The van der Waals surface area contributed by atoms with Gasteiger partial charge in [-0.15, -0.1) is 0 Å². The number of anilines is 3. The SMILES string of the molecule is Cc1ccc2c(c1)-c1c(-c3ccc(N(c4ccccc4)c4cccc5c4-c4ccccc4[Si]5(C)C)cc3)cccc1C21C2CC3CC(C2)CC1C3. The molecular formula is C49H45NSi. The van der Waals surface area contributed by atoms with Crippen LogP contribution in [0, 0.1) is 30.6 Å². The summed E-state index contributed by atoms with van der Waals surface area (Å²) in [5.41, 5.74) is 17.0. The lowest BCUT2D eigenvalue weighted by Gasteiger charge is -2.61. The lowest BCUT2D eigenvalue weighted by Crippen LogP contribution is -2.55. The van der Waals surface area contributed by atoms with Crippen LogP contribution < -0.4 is 15.3 Å². The standard InChI is InChI=1S/C49H45NSi/c1-31-19-24-42-41(25-31)47-39(14-9-15-43(47)49(42)35-27-32-26-33(29-35)30-36(49)28-32)34-20-22-38(23-21-34)50(37-11-5-4-6-12-37)44-16-10-18-46-48(44)40-13-7-8-17-45(40)51(46,2)3/h4-25,32-33,35-36H,26-30H2,1-3H3. The molecule has 4 bridgehead atoms. The lowest BCUT2D eigenvalue weighted by molar-refractivity contribution is -0.0399. The maximum Gasteiger partial charge on any atom is 0.113 e. The molecule has 12 rings (SSSR count). The van der Waals surface area contributed by atoms with Gasteiger partial charge in [0.1, 0.15) is 8.07 Å². The van der Waals surface area contributed by atoms with Gasteiger partial charge < -0.3 is 4.90 Å². The molecule has 4 fully saturated rings. The minimum absolute atomic E-state index is 0.187. The van der Waals surface area contributed by atoms with E-state index in [0.29, 0.717) is 0 Å². The van der Waals surface area contributed by atoms with Gasteiger partial charge in [-0.1, -0.05) is 122 Å². The number of rotatable bonds is 4. The van der Waals surface area contributed by atoms with E-state index in [0.717, 1.165) is 23.7 Å². The van der Waals surface area contributed by atoms with Crippen LogP contribution in [0.15, 0.2) is 133 Å². The van der Waals surface area contributed by atoms with E-state index in [-0.39, 0.29) is 5.41 Å². The van der Waals surface area contributed by atoms with Gasteiger partial charge in [0.2, 0.25) is 0 Å². The summed E-state index contributed by atoms with van der Waals surface area (Å²) in [4.78, 5) is 2.49. The highest BCUT2D eigenvalue weighted by molar-refractivity contribution is 7.04. The van der Waals surface area contributed by atoms with Gasteiger partial charge in [0.15, 0.2) is 0 Å². The van der Waals surface area contributed by atoms with Crippen molar-refractivity contribution in [1.29, 1.82) is 0 Å². The summed E-state index contributed by atoms with van der Waals surface area (Å²) >= 11 is 0. The van der Waals surface area contributed by atoms with Gasteiger partial charge in [0, 0.05) is 22.4 Å². The van der Waals surface area contributed by atoms with Crippen molar-refractivity contribution in [1.82, 2.24) is 0 Å². The van der Waals surface area contributed by atoms with E-state index in [1.807, 2.05) is 0 Å². The summed E-state index contributed by atoms with van der Waals surface area (Å²) in [6, 6.07) is 51.4. The molecule has 1 nitrogen and oxygen atoms in total. The van der Waals surface area contributed by atoms with Crippen LogP contribution in [0.3, 0.4) is 0 Å². The molecule has 0 radical (unpaired) electrons. The summed E-state index contributed by atoms with van der Waals surface area (Å²) in [7, 11) is -1.81. The molecule has 0 unspecified atom stereocenters. The molecule has 4 saturated carbocycles. The molecule has 0 atom stereocenters. The van der Waals surface area contributed by atoms with Gasteiger partial charge in [0.05, 0.1) is 5.69 Å². The van der Waals surface area contributed by atoms with Crippen LogP contribution in [0.1, 0.15) is 48.8 Å². The molecule has 6 aliphatic rings. The molecule has 6 aromatic rings. The molecule has 0 N–H and O–H groups in total. The van der Waals surface area contributed by atoms with Crippen molar-refractivity contribution < 1.29 is 0 Å². The predicted octanol–water partition coefficient (Wildman–Crippen LogP) is 11.7. The summed E-state index contributed by atoms with van der Waals surface area (Å²) in [5.74, 6) is 3.46. The number of aryl methyl sites for hydroxylation is 1. The van der Waals surface area contributed by atoms with Crippen molar-refractivity contribution in [3.8, 4) is 33.4 Å². The quantitative estimate of drug-likeness (QED) is 0.168. The summed E-state index contributed by atoms with van der Waals surface area (Å²) in [6.45, 7) is 7.29. The van der Waals surface area contributed by atoms with Crippen LogP contribution in [-0.2, 0) is 5.41 Å². The molecule has 1 heterocycles. The second-order valence-corrected chi connectivity index (χ2v) is 21.4. The Bertz CT molecular complexity index is 2340. The fraction of sp³-hybridized carbons (Fsp3) is 0.265. The van der Waals surface area contributed by atoms with Gasteiger partial charge in [0.25, 0.3) is 0 Å². The van der Waals surface area contributed by atoms with E-state index in [9.17, 15) is 0 Å². The second kappa shape index (κ2) is 10.7. The lowest BCUT2D eigenvalue weighted by atomic mass is 9.43. The molecule has 51 heavy (non-hydrogen) atoms. The smallest absolute Gasteiger partial charge is 0.113 e. The molecule has 0 amide bonds. The highest BCUT2D eigenvalue weighted by atomic mass is 28.3. The van der Waals surface area contributed by atoms with Crippen LogP contribution >= 0.6 is 0 Å². The minimum Gasteiger partial charge on any atom is -0.310 e. The van der Waals surface area contributed by atoms with Gasteiger partial charge in [-0.05, 0) is 142 Å². The number of nitrogens with zero attached hydrogens (tertiary/aromatic N) is 1. The Morgan fingerprint density at radius 1 is 0.529 bits per heavy atom. The Balaban J connectivity index is 1.07. The zero-order valence-corrected chi connectivity index (χ0v) is 31.0. The normalized spacial score (nSPS) is 25.4. The van der Waals surface area contributed by atoms with Crippen molar-refractivity contribution in [3.05, 3.63) is 150 Å². The van der Waals surface area contributed by atoms with Gasteiger partial charge in [-0.25, -0.2) is 0 Å². The Kier molecular flexibility index (Phi) is 6.29. The van der Waals surface area contributed by atoms with Crippen molar-refractivity contribution in [2.24, 2.45) is 23.7 Å². The highest BCUT2D eigenvalue weighted by Gasteiger charge is 2.61. The molecule has 250 valence electrons. The molecule has 1 aliphatic heterocycles. The molecule has 0 saturated heterocycles. The van der Waals surface area contributed by atoms with Gasteiger partial charge >= 0.3 is 0 Å². The van der Waals surface area contributed by atoms with E-state index in [1.165, 1.54) is 93.3 Å². The summed E-state index contributed by atoms with van der Waals surface area (Å²) < 4.78 is 0. The predicted molar refractivity (Wildman–Crippen MR) is 217 cm³/mol. The van der Waals surface area contributed by atoms with Gasteiger partial charge in [-0.3, -0.25) is 0 Å². The average Bonchev–Trinajstić information content (AvgIpc) is 3.57. The van der Waals surface area contributed by atoms with E-state index in [4.69, 9.17) is 0 Å². The topological polar surface area (TPSA) is 3.24 Å². The number of hydrogen-bond donors (Lipinski definition) is 0. The third-order valence-electron chi connectivity index (χ3n) is 14.1. The Morgan fingerprint density at radius 3 is 1.94 bits per heavy atom. The third kappa shape index (κ3) is 4.03. The number of hydrogen-bond acceptors (Lipinski definition) is 1. The Morgan fingerprint density at radius 2 is 1.18 bits per heavy atom. The molecule has 5 aliphatic carbocycles. The third-order valence-corrected chi connectivity index (χ3v) is 17.6. The van der Waals surface area contributed by atoms with E-state index < -0.39 is 8.07 Å². The monoisotopic (exact) mass is 675 g/mol. The first kappa shape index (κ1) is 30.0. The summed E-state index contributed by atoms with van der Waals surface area (Å²) in [6.07, 6.45) is 7.16. The maximum absolute atomic E-state index is 2.54. The fourth-order valence-electron chi connectivity index (χ4n) is 12.3. The van der Waals surface area contributed by atoms with Crippen molar-refractivity contribution in [3.63, 3.8) is 0 Å². The first-order valence-electron chi connectivity index (χ1n) is 19.4. The Labute approximate surface area is 304 Å². The molecule has 1 spiro atoms. The summed E-state index contributed by atoms with van der Waals surface area (Å²) in [5, 5.41) is 3.08. The molecular weight excluding hydrogens is 631 g/mol. The molecule has 0 aromatic heterocycles. The van der Waals surface area contributed by atoms with E-state index in [1.54, 1.807) is 16.3 Å². The van der Waals surface area contributed by atoms with Crippen molar-refractivity contribution in [2.75, 3.05) is 4.90 Å². The first-order valence-corrected chi connectivity index (χ1v) is 22.4. The number of benzene rings is 6. The maximum atomic E-state index is 2.54. The molecule has 6 aromatic carbocycles. The van der Waals surface area contributed by atoms with Crippen LogP contribution in [-0.4, -0.2) is 8.07 Å². The Hall–Kier alpha value is -4.66. The first-order chi connectivity index (χ1) is 24.9. The highest BCUT2D eigenvalue weighted by Crippen LogP contribution is 2.70. The zero-order valence-electron chi connectivity index (χ0n) is 30.0. The van der Waals surface area contributed by atoms with Crippen LogP contribution in [0.2, 0.25) is 13.1 Å². The second-order valence-electron chi connectivity index (χ2n) is 17.0. The van der Waals surface area contributed by atoms with E-state index in [2.05, 4.69) is 158 Å². The van der Waals surface area contributed by atoms with E-state index >= 15 is 0 Å². The van der Waals surface area contributed by atoms with Crippen LogP contribution in [0.5, 0.6) is 0 Å². The van der Waals surface area contributed by atoms with Crippen LogP contribution in [0.25, 0.3) is 33.4 Å². The fourth-order valence-corrected chi connectivity index (χ4v) is 15.4. The molecule has 2 heteroatoms. The average molecular weight is 676 g/mol. The van der Waals surface area contributed by atoms with Crippen molar-refractivity contribution in [2.45, 2.75) is 57.5 Å². The number of para-hydroxylation sites is 1. The minimum atomic E-state index is -1.81. The largest absolute Gasteiger partial charge is 0.310 e.